The number of tetrazole rings is 1. The number of aromatic nitrogens is 4. The Morgan fingerprint density at radius 2 is 2.45 bits per heavy atom. The zero-order valence-electron chi connectivity index (χ0n) is 11.3. The van der Waals surface area contributed by atoms with Crippen LogP contribution in [0.4, 0.5) is 0 Å². The van der Waals surface area contributed by atoms with Gasteiger partial charge in [0.15, 0.2) is 0 Å². The third-order valence-electron chi connectivity index (χ3n) is 3.75. The number of rotatable bonds is 3. The predicted molar refractivity (Wildman–Crippen MR) is 69.4 cm³/mol. The van der Waals surface area contributed by atoms with Crippen molar-refractivity contribution in [2.75, 3.05) is 6.54 Å². The van der Waals surface area contributed by atoms with Gasteiger partial charge < -0.3 is 9.32 Å². The van der Waals surface area contributed by atoms with Gasteiger partial charge in [-0.2, -0.15) is 0 Å². The monoisotopic (exact) mass is 275 g/mol. The number of hydrogen-bond acceptors (Lipinski definition) is 5. The summed E-state index contributed by atoms with van der Waals surface area (Å²) in [6, 6.07) is 3.80. The number of carbonyl (C=O) groups excluding carboxylic acids is 1. The molecule has 0 unspecified atom stereocenters. The number of likely N-dealkylation sites (tertiary alicyclic amines) is 1. The van der Waals surface area contributed by atoms with E-state index in [1.54, 1.807) is 6.26 Å². The molecule has 0 spiro atoms. The molecule has 2 atom stereocenters. The van der Waals surface area contributed by atoms with Crippen LogP contribution in [0.2, 0.25) is 0 Å². The van der Waals surface area contributed by atoms with Gasteiger partial charge in [-0.25, -0.2) is 4.68 Å². The van der Waals surface area contributed by atoms with Gasteiger partial charge in [-0.1, -0.05) is 6.92 Å². The lowest BCUT2D eigenvalue weighted by atomic mass is 9.91. The van der Waals surface area contributed by atoms with Crippen LogP contribution in [0, 0.1) is 5.92 Å². The number of furan rings is 1. The molecule has 0 radical (unpaired) electrons. The van der Waals surface area contributed by atoms with Crippen molar-refractivity contribution < 1.29 is 9.21 Å². The molecule has 7 heteroatoms. The van der Waals surface area contributed by atoms with Gasteiger partial charge in [-0.05, 0) is 41.3 Å². The highest BCUT2D eigenvalue weighted by molar-refractivity contribution is 5.76. The minimum atomic E-state index is 0.0118. The summed E-state index contributed by atoms with van der Waals surface area (Å²) in [5.74, 6) is 1.45. The molecule has 106 valence electrons. The zero-order chi connectivity index (χ0) is 13.9. The van der Waals surface area contributed by atoms with Crippen LogP contribution in [0.5, 0.6) is 0 Å². The Labute approximate surface area is 116 Å². The molecule has 1 amide bonds. The van der Waals surface area contributed by atoms with E-state index in [9.17, 15) is 4.79 Å². The van der Waals surface area contributed by atoms with Crippen LogP contribution < -0.4 is 0 Å². The number of nitrogens with zero attached hydrogens (tertiary/aromatic N) is 5. The maximum absolute atomic E-state index is 12.4. The Morgan fingerprint density at radius 3 is 3.15 bits per heavy atom. The van der Waals surface area contributed by atoms with Crippen LogP contribution in [0.1, 0.15) is 31.6 Å². The molecule has 0 N–H and O–H groups in total. The van der Waals surface area contributed by atoms with E-state index in [0.29, 0.717) is 5.92 Å². The molecule has 1 saturated heterocycles. The Hall–Kier alpha value is -2.18. The summed E-state index contributed by atoms with van der Waals surface area (Å²) in [6.45, 7) is 3.12. The molecule has 3 rings (SSSR count). The number of carbonyl (C=O) groups is 1. The molecule has 1 fully saturated rings. The minimum absolute atomic E-state index is 0.0118. The SMILES string of the molecule is C[C@@H]1CCN(C(=O)Cn2cnnn2)[C@H](c2ccco2)C1. The first-order chi connectivity index (χ1) is 9.74. The van der Waals surface area contributed by atoms with Gasteiger partial charge in [0.25, 0.3) is 0 Å². The van der Waals surface area contributed by atoms with Crippen molar-refractivity contribution in [1.82, 2.24) is 25.1 Å². The molecule has 20 heavy (non-hydrogen) atoms. The first-order valence-electron chi connectivity index (χ1n) is 6.77. The molecule has 0 aromatic carbocycles. The second-order valence-corrected chi connectivity index (χ2v) is 5.26. The van der Waals surface area contributed by atoms with Crippen LogP contribution in [0.25, 0.3) is 0 Å². The minimum Gasteiger partial charge on any atom is -0.467 e. The van der Waals surface area contributed by atoms with Crippen molar-refractivity contribution in [1.29, 1.82) is 0 Å². The van der Waals surface area contributed by atoms with Crippen LogP contribution in [0.15, 0.2) is 29.1 Å². The Bertz CT molecular complexity index is 551. The molecule has 0 aliphatic carbocycles. The molecule has 3 heterocycles. The van der Waals surface area contributed by atoms with Crippen LogP contribution in [-0.4, -0.2) is 37.6 Å². The first-order valence-corrected chi connectivity index (χ1v) is 6.77. The average Bonchev–Trinajstić information content (AvgIpc) is 3.11. The van der Waals surface area contributed by atoms with Crippen molar-refractivity contribution in [3.05, 3.63) is 30.5 Å². The average molecular weight is 275 g/mol. The normalized spacial score (nSPS) is 22.9. The highest BCUT2D eigenvalue weighted by Crippen LogP contribution is 2.34. The van der Waals surface area contributed by atoms with Crippen molar-refractivity contribution >= 4 is 5.91 Å². The fraction of sp³-hybridized carbons (Fsp3) is 0.538. The van der Waals surface area contributed by atoms with E-state index in [4.69, 9.17) is 4.42 Å². The molecule has 1 aliphatic heterocycles. The molecule has 2 aromatic rings. The summed E-state index contributed by atoms with van der Waals surface area (Å²) in [7, 11) is 0. The van der Waals surface area contributed by atoms with Crippen LogP contribution >= 0.6 is 0 Å². The highest BCUT2D eigenvalue weighted by atomic mass is 16.3. The summed E-state index contributed by atoms with van der Waals surface area (Å²) in [6.07, 6.45) is 5.04. The van der Waals surface area contributed by atoms with Crippen molar-refractivity contribution in [2.45, 2.75) is 32.4 Å². The lowest BCUT2D eigenvalue weighted by Gasteiger charge is -2.37. The first kappa shape index (κ1) is 12.8. The summed E-state index contributed by atoms with van der Waals surface area (Å²) in [5.41, 5.74) is 0. The number of amides is 1. The van der Waals surface area contributed by atoms with Gasteiger partial charge in [-0.3, -0.25) is 4.79 Å². The van der Waals surface area contributed by atoms with Gasteiger partial charge in [0.05, 0.1) is 12.3 Å². The van der Waals surface area contributed by atoms with Gasteiger partial charge >= 0.3 is 0 Å². The van der Waals surface area contributed by atoms with E-state index in [0.717, 1.165) is 25.1 Å². The molecular formula is C13H17N5O2. The molecule has 0 bridgehead atoms. The third kappa shape index (κ3) is 2.56. The van der Waals surface area contributed by atoms with Gasteiger partial charge in [0.2, 0.25) is 5.91 Å². The van der Waals surface area contributed by atoms with Gasteiger partial charge in [0, 0.05) is 6.54 Å². The number of piperidine rings is 1. The fourth-order valence-corrected chi connectivity index (χ4v) is 2.67. The Balaban J connectivity index is 1.77. The molecule has 7 nitrogen and oxygen atoms in total. The lowest BCUT2D eigenvalue weighted by Crippen LogP contribution is -2.42. The Kier molecular flexibility index (Phi) is 3.49. The van der Waals surface area contributed by atoms with Crippen molar-refractivity contribution in [2.24, 2.45) is 5.92 Å². The summed E-state index contributed by atoms with van der Waals surface area (Å²) in [4.78, 5) is 14.3. The smallest absolute Gasteiger partial charge is 0.245 e. The quantitative estimate of drug-likeness (QED) is 0.843. The van der Waals surface area contributed by atoms with Crippen molar-refractivity contribution in [3.8, 4) is 0 Å². The molecule has 0 saturated carbocycles. The maximum atomic E-state index is 12.4. The summed E-state index contributed by atoms with van der Waals surface area (Å²) < 4.78 is 6.94. The van der Waals surface area contributed by atoms with E-state index in [1.165, 1.54) is 11.0 Å². The largest absolute Gasteiger partial charge is 0.467 e. The third-order valence-corrected chi connectivity index (χ3v) is 3.75. The van der Waals surface area contributed by atoms with E-state index in [2.05, 4.69) is 22.4 Å². The highest BCUT2D eigenvalue weighted by Gasteiger charge is 2.32. The number of hydrogen-bond donors (Lipinski definition) is 0. The fourth-order valence-electron chi connectivity index (χ4n) is 2.67. The Morgan fingerprint density at radius 1 is 1.55 bits per heavy atom. The van der Waals surface area contributed by atoms with E-state index < -0.39 is 0 Å². The molecule has 1 aliphatic rings. The van der Waals surface area contributed by atoms with E-state index >= 15 is 0 Å². The second-order valence-electron chi connectivity index (χ2n) is 5.26. The zero-order valence-corrected chi connectivity index (χ0v) is 11.3. The van der Waals surface area contributed by atoms with E-state index in [1.807, 2.05) is 17.0 Å². The molecule has 2 aromatic heterocycles. The lowest BCUT2D eigenvalue weighted by molar-refractivity contribution is -0.137. The predicted octanol–water partition coefficient (Wildman–Crippen LogP) is 1.27. The summed E-state index contributed by atoms with van der Waals surface area (Å²) in [5, 5.41) is 10.8. The van der Waals surface area contributed by atoms with Crippen LogP contribution in [0.3, 0.4) is 0 Å². The maximum Gasteiger partial charge on any atom is 0.245 e. The second kappa shape index (κ2) is 5.44. The summed E-state index contributed by atoms with van der Waals surface area (Å²) >= 11 is 0. The van der Waals surface area contributed by atoms with Gasteiger partial charge in [0.1, 0.15) is 18.6 Å². The van der Waals surface area contributed by atoms with Crippen LogP contribution in [-0.2, 0) is 11.3 Å². The standard InChI is InChI=1S/C13H17N5O2/c1-10-4-5-18(11(7-10)12-3-2-6-20-12)13(19)8-17-9-14-15-16-17/h2-3,6,9-11H,4-5,7-8H2,1H3/t10-,11+/m1/s1. The molecular weight excluding hydrogens is 258 g/mol. The van der Waals surface area contributed by atoms with Gasteiger partial charge in [-0.15, -0.1) is 5.10 Å². The topological polar surface area (TPSA) is 77.1 Å². The van der Waals surface area contributed by atoms with Crippen molar-refractivity contribution in [3.63, 3.8) is 0 Å². The van der Waals surface area contributed by atoms with E-state index in [-0.39, 0.29) is 18.5 Å².